The van der Waals surface area contributed by atoms with Gasteiger partial charge >= 0.3 is 12.2 Å². The third-order valence-electron chi connectivity index (χ3n) is 4.03. The van der Waals surface area contributed by atoms with Gasteiger partial charge in [-0.1, -0.05) is 6.07 Å². The lowest BCUT2D eigenvalue weighted by molar-refractivity contribution is -0.154. The number of amides is 2. The largest absolute Gasteiger partial charge is 0.468 e. The molecule has 0 bridgehead atoms. The van der Waals surface area contributed by atoms with Crippen LogP contribution in [-0.4, -0.2) is 64.8 Å². The molecular formula is C17H19F3N6O2. The first-order chi connectivity index (χ1) is 13.4. The zero-order valence-electron chi connectivity index (χ0n) is 14.9. The zero-order valence-corrected chi connectivity index (χ0v) is 14.9. The Morgan fingerprint density at radius 1 is 1.11 bits per heavy atom. The Kier molecular flexibility index (Phi) is 6.12. The van der Waals surface area contributed by atoms with Crippen molar-refractivity contribution in [2.75, 3.05) is 37.7 Å². The van der Waals surface area contributed by atoms with Gasteiger partial charge in [0.15, 0.2) is 6.61 Å². The van der Waals surface area contributed by atoms with Crippen molar-refractivity contribution in [3.63, 3.8) is 0 Å². The van der Waals surface area contributed by atoms with Crippen molar-refractivity contribution in [2.45, 2.75) is 12.7 Å². The van der Waals surface area contributed by atoms with E-state index in [1.54, 1.807) is 29.4 Å². The third kappa shape index (κ3) is 5.69. The van der Waals surface area contributed by atoms with Crippen LogP contribution in [-0.2, 0) is 6.54 Å². The van der Waals surface area contributed by atoms with Crippen LogP contribution < -0.4 is 15.0 Å². The minimum Gasteiger partial charge on any atom is -0.468 e. The molecule has 3 rings (SSSR count). The van der Waals surface area contributed by atoms with E-state index in [9.17, 15) is 18.0 Å². The van der Waals surface area contributed by atoms with E-state index in [4.69, 9.17) is 0 Å². The van der Waals surface area contributed by atoms with E-state index in [0.717, 1.165) is 0 Å². The number of nitrogens with zero attached hydrogens (tertiary/aromatic N) is 5. The van der Waals surface area contributed by atoms with Gasteiger partial charge in [-0.3, -0.25) is 0 Å². The number of nitrogens with one attached hydrogen (secondary N) is 1. The van der Waals surface area contributed by atoms with Crippen molar-refractivity contribution in [3.8, 4) is 5.88 Å². The second-order valence-corrected chi connectivity index (χ2v) is 6.09. The minimum atomic E-state index is -4.41. The molecule has 11 heteroatoms. The summed E-state index contributed by atoms with van der Waals surface area (Å²) in [6.45, 7) is 1.15. The molecule has 2 aromatic rings. The van der Waals surface area contributed by atoms with Crippen LogP contribution >= 0.6 is 0 Å². The van der Waals surface area contributed by atoms with E-state index in [1.807, 2.05) is 4.90 Å². The van der Waals surface area contributed by atoms with Gasteiger partial charge in [-0.05, 0) is 11.6 Å². The first-order valence-corrected chi connectivity index (χ1v) is 8.60. The van der Waals surface area contributed by atoms with Crippen LogP contribution in [0.3, 0.4) is 0 Å². The van der Waals surface area contributed by atoms with Crippen molar-refractivity contribution < 1.29 is 22.7 Å². The molecule has 1 N–H and O–H groups in total. The van der Waals surface area contributed by atoms with Gasteiger partial charge in [-0.25, -0.2) is 19.7 Å². The fourth-order valence-electron chi connectivity index (χ4n) is 2.61. The lowest BCUT2D eigenvalue weighted by Gasteiger charge is -2.34. The van der Waals surface area contributed by atoms with Crippen LogP contribution in [0.5, 0.6) is 5.88 Å². The van der Waals surface area contributed by atoms with Crippen molar-refractivity contribution in [1.82, 2.24) is 25.2 Å². The second-order valence-electron chi connectivity index (χ2n) is 6.09. The lowest BCUT2D eigenvalue weighted by atomic mass is 10.3. The van der Waals surface area contributed by atoms with Crippen molar-refractivity contribution >= 4 is 12.0 Å². The second kappa shape index (κ2) is 8.72. The zero-order chi connectivity index (χ0) is 20.0. The summed E-state index contributed by atoms with van der Waals surface area (Å²) in [7, 11) is 0. The normalized spacial score (nSPS) is 14.7. The Hall–Kier alpha value is -3.11. The monoisotopic (exact) mass is 396 g/mol. The maximum Gasteiger partial charge on any atom is 0.422 e. The highest BCUT2D eigenvalue weighted by molar-refractivity contribution is 5.74. The van der Waals surface area contributed by atoms with Gasteiger partial charge in [0, 0.05) is 57.4 Å². The number of piperazine rings is 1. The highest BCUT2D eigenvalue weighted by Gasteiger charge is 2.28. The number of urea groups is 1. The van der Waals surface area contributed by atoms with Crippen LogP contribution in [0, 0.1) is 0 Å². The summed E-state index contributed by atoms with van der Waals surface area (Å²) in [6, 6.07) is 4.43. The van der Waals surface area contributed by atoms with E-state index in [-0.39, 0.29) is 18.5 Å². The standard InChI is InChI=1S/C17H19F3N6O2/c18-17(19,20)12-28-14-3-2-13(10-23-14)11-24-16(27)26-8-6-25(7-9-26)15-21-4-1-5-22-15/h1-5,10H,6-9,11-12H2,(H,24,27). The Balaban J connectivity index is 1.42. The topological polar surface area (TPSA) is 83.5 Å². The van der Waals surface area contributed by atoms with E-state index in [1.165, 1.54) is 12.3 Å². The summed E-state index contributed by atoms with van der Waals surface area (Å²) < 4.78 is 40.9. The minimum absolute atomic E-state index is 0.119. The summed E-state index contributed by atoms with van der Waals surface area (Å²) in [6.07, 6.45) is 0.311. The number of ether oxygens (including phenoxy) is 1. The maximum absolute atomic E-state index is 12.3. The summed E-state index contributed by atoms with van der Waals surface area (Å²) >= 11 is 0. The molecule has 0 spiro atoms. The Labute approximate surface area is 159 Å². The molecule has 3 heterocycles. The first kappa shape index (κ1) is 19.6. The predicted octanol–water partition coefficient (Wildman–Crippen LogP) is 1.84. The number of anilines is 1. The highest BCUT2D eigenvalue weighted by Crippen LogP contribution is 2.17. The van der Waals surface area contributed by atoms with Gasteiger partial charge in [-0.15, -0.1) is 0 Å². The summed E-state index contributed by atoms with van der Waals surface area (Å²) in [5.74, 6) is 0.521. The SMILES string of the molecule is O=C(NCc1ccc(OCC(F)(F)F)nc1)N1CCN(c2ncccn2)CC1. The van der Waals surface area contributed by atoms with Crippen LogP contribution in [0.2, 0.25) is 0 Å². The van der Waals surface area contributed by atoms with Gasteiger partial charge in [-0.2, -0.15) is 13.2 Å². The maximum atomic E-state index is 12.3. The summed E-state index contributed by atoms with van der Waals surface area (Å²) in [5.41, 5.74) is 0.657. The molecule has 1 saturated heterocycles. The fraction of sp³-hybridized carbons (Fsp3) is 0.412. The number of pyridine rings is 1. The summed E-state index contributed by atoms with van der Waals surface area (Å²) in [4.78, 5) is 28.2. The molecule has 0 aliphatic carbocycles. The molecule has 2 amide bonds. The van der Waals surface area contributed by atoms with Crippen molar-refractivity contribution in [1.29, 1.82) is 0 Å². The number of rotatable bonds is 5. The summed E-state index contributed by atoms with van der Waals surface area (Å²) in [5, 5.41) is 2.78. The molecule has 0 radical (unpaired) electrons. The first-order valence-electron chi connectivity index (χ1n) is 8.60. The van der Waals surface area contributed by atoms with E-state index in [2.05, 4.69) is 25.0 Å². The molecule has 28 heavy (non-hydrogen) atoms. The Morgan fingerprint density at radius 2 is 1.82 bits per heavy atom. The molecule has 150 valence electrons. The van der Waals surface area contributed by atoms with Crippen LogP contribution in [0.25, 0.3) is 0 Å². The van der Waals surface area contributed by atoms with E-state index >= 15 is 0 Å². The van der Waals surface area contributed by atoms with Crippen LogP contribution in [0.4, 0.5) is 23.9 Å². The van der Waals surface area contributed by atoms with E-state index < -0.39 is 12.8 Å². The number of carbonyl (C=O) groups is 1. The number of alkyl halides is 3. The molecule has 1 fully saturated rings. The number of halogens is 3. The molecule has 1 aliphatic heterocycles. The number of carbonyl (C=O) groups excluding carboxylic acids is 1. The van der Waals surface area contributed by atoms with Crippen molar-refractivity contribution in [3.05, 3.63) is 42.4 Å². The van der Waals surface area contributed by atoms with Gasteiger partial charge in [0.2, 0.25) is 11.8 Å². The average molecular weight is 396 g/mol. The average Bonchev–Trinajstić information content (AvgIpc) is 2.71. The van der Waals surface area contributed by atoms with Crippen LogP contribution in [0.15, 0.2) is 36.8 Å². The molecule has 0 atom stereocenters. The Bertz CT molecular complexity index is 765. The number of aromatic nitrogens is 3. The predicted molar refractivity (Wildman–Crippen MR) is 93.8 cm³/mol. The molecule has 0 unspecified atom stereocenters. The third-order valence-corrected chi connectivity index (χ3v) is 4.03. The van der Waals surface area contributed by atoms with Crippen molar-refractivity contribution in [2.24, 2.45) is 0 Å². The van der Waals surface area contributed by atoms with E-state index in [0.29, 0.717) is 37.7 Å². The van der Waals surface area contributed by atoms with Gasteiger partial charge in [0.1, 0.15) is 0 Å². The lowest BCUT2D eigenvalue weighted by Crippen LogP contribution is -2.52. The fourth-order valence-corrected chi connectivity index (χ4v) is 2.61. The smallest absolute Gasteiger partial charge is 0.422 e. The van der Waals surface area contributed by atoms with Gasteiger partial charge in [0.25, 0.3) is 0 Å². The molecule has 2 aromatic heterocycles. The highest BCUT2D eigenvalue weighted by atomic mass is 19.4. The van der Waals surface area contributed by atoms with Gasteiger partial charge in [0.05, 0.1) is 0 Å². The molecule has 8 nitrogen and oxygen atoms in total. The quantitative estimate of drug-likeness (QED) is 0.831. The molecule has 1 aliphatic rings. The number of hydrogen-bond donors (Lipinski definition) is 1. The molecular weight excluding hydrogens is 377 g/mol. The molecule has 0 aromatic carbocycles. The van der Waals surface area contributed by atoms with Gasteiger partial charge < -0.3 is 19.9 Å². The number of hydrogen-bond acceptors (Lipinski definition) is 6. The Morgan fingerprint density at radius 3 is 2.43 bits per heavy atom. The van der Waals surface area contributed by atoms with Crippen LogP contribution in [0.1, 0.15) is 5.56 Å². The molecule has 0 saturated carbocycles.